The SMILES string of the molecule is CC[C@H]1C(=O)N[C@@H](C)C(=O)N2C[C@H](C)CC2C(=O)O[C@@H](C)[C@H](NC(=O)CCc2cc(F)cc(F)c2)C(=O)N2CCCC2C(=O)N1C. The number of carbonyl (C=O) groups is 6. The van der Waals surface area contributed by atoms with E-state index in [2.05, 4.69) is 10.6 Å². The van der Waals surface area contributed by atoms with Crippen LogP contribution in [0.3, 0.4) is 0 Å². The Hall–Kier alpha value is -4.10. The quantitative estimate of drug-likeness (QED) is 0.459. The zero-order valence-corrected chi connectivity index (χ0v) is 26.9. The number of amides is 5. The Labute approximate surface area is 267 Å². The summed E-state index contributed by atoms with van der Waals surface area (Å²) in [6.45, 7) is 7.02. The van der Waals surface area contributed by atoms with Crippen LogP contribution < -0.4 is 10.6 Å². The fraction of sp³-hybridized carbons (Fsp3) is 0.625. The van der Waals surface area contributed by atoms with Gasteiger partial charge in [-0.1, -0.05) is 13.8 Å². The number of likely N-dealkylation sites (N-methyl/N-ethyl adjacent to an activating group) is 1. The molecule has 0 bridgehead atoms. The molecule has 2 N–H and O–H groups in total. The Kier molecular flexibility index (Phi) is 11.0. The number of halogens is 2. The minimum absolute atomic E-state index is 0.0269. The number of aryl methyl sites for hydroxylation is 1. The Morgan fingerprint density at radius 3 is 2.30 bits per heavy atom. The molecule has 0 saturated carbocycles. The molecule has 1 aromatic carbocycles. The number of esters is 1. The third-order valence-corrected chi connectivity index (χ3v) is 9.04. The predicted octanol–water partition coefficient (Wildman–Crippen LogP) is 1.30. The first-order chi connectivity index (χ1) is 21.7. The molecule has 0 aliphatic carbocycles. The molecule has 3 saturated heterocycles. The van der Waals surface area contributed by atoms with Crippen LogP contribution in [0.15, 0.2) is 18.2 Å². The third kappa shape index (κ3) is 7.64. The van der Waals surface area contributed by atoms with E-state index in [0.717, 1.165) is 18.2 Å². The van der Waals surface area contributed by atoms with E-state index >= 15 is 0 Å². The number of fused-ring (bicyclic) bond motifs is 2. The molecule has 3 fully saturated rings. The topological polar surface area (TPSA) is 145 Å². The van der Waals surface area contributed by atoms with Crippen molar-refractivity contribution in [2.24, 2.45) is 5.92 Å². The summed E-state index contributed by atoms with van der Waals surface area (Å²) in [4.78, 5) is 85.2. The highest BCUT2D eigenvalue weighted by Crippen LogP contribution is 2.27. The summed E-state index contributed by atoms with van der Waals surface area (Å²) in [5.41, 5.74) is 0.244. The number of nitrogens with zero attached hydrogens (tertiary/aromatic N) is 3. The van der Waals surface area contributed by atoms with Gasteiger partial charge < -0.3 is 30.1 Å². The maximum Gasteiger partial charge on any atom is 0.329 e. The highest BCUT2D eigenvalue weighted by Gasteiger charge is 2.46. The van der Waals surface area contributed by atoms with Crippen molar-refractivity contribution in [3.8, 4) is 0 Å². The number of carbonyl (C=O) groups excluding carboxylic acids is 6. The van der Waals surface area contributed by atoms with Crippen molar-refractivity contribution >= 4 is 35.5 Å². The lowest BCUT2D eigenvalue weighted by Crippen LogP contribution is -2.60. The Bertz CT molecular complexity index is 1360. The molecule has 7 atom stereocenters. The average Bonchev–Trinajstić information content (AvgIpc) is 3.64. The number of nitrogens with one attached hydrogen (secondary N) is 2. The lowest BCUT2D eigenvalue weighted by atomic mass is 10.1. The van der Waals surface area contributed by atoms with Gasteiger partial charge in [0.25, 0.3) is 0 Å². The van der Waals surface area contributed by atoms with Crippen molar-refractivity contribution in [1.29, 1.82) is 0 Å². The van der Waals surface area contributed by atoms with Gasteiger partial charge in [-0.3, -0.25) is 24.0 Å². The molecule has 5 amide bonds. The summed E-state index contributed by atoms with van der Waals surface area (Å²) in [6, 6.07) is -2.29. The average molecular weight is 648 g/mol. The monoisotopic (exact) mass is 647 g/mol. The van der Waals surface area contributed by atoms with Crippen molar-refractivity contribution in [3.05, 3.63) is 35.4 Å². The maximum atomic E-state index is 14.1. The number of ether oxygens (including phenoxy) is 1. The fourth-order valence-electron chi connectivity index (χ4n) is 6.59. The third-order valence-electron chi connectivity index (χ3n) is 9.04. The molecule has 3 heterocycles. The molecule has 1 aromatic rings. The van der Waals surface area contributed by atoms with E-state index in [4.69, 9.17) is 4.74 Å². The molecule has 0 radical (unpaired) electrons. The lowest BCUT2D eigenvalue weighted by Gasteiger charge is -2.36. The van der Waals surface area contributed by atoms with E-state index in [0.29, 0.717) is 19.3 Å². The largest absolute Gasteiger partial charge is 0.458 e. The standard InChI is InChI=1S/C32H43F2N5O7/c1-6-23-28(41)35-18(3)29(42)39-16-17(2)12-25(39)32(45)46-19(4)27(31(44)38-11-7-8-24(38)30(43)37(23)5)36-26(40)10-9-20-13-21(33)15-22(34)14-20/h13-15,17-19,23-25,27H,6-12,16H2,1-5H3,(H,35,41)(H,36,40)/t17-,18+,19+,23+,24?,25?,27+/m1/s1. The summed E-state index contributed by atoms with van der Waals surface area (Å²) < 4.78 is 33.1. The van der Waals surface area contributed by atoms with Crippen molar-refractivity contribution in [2.45, 2.75) is 103 Å². The molecular formula is C32H43F2N5O7. The van der Waals surface area contributed by atoms with E-state index in [9.17, 15) is 37.5 Å². The Balaban J connectivity index is 1.65. The number of hydrogen-bond donors (Lipinski definition) is 2. The van der Waals surface area contributed by atoms with Crippen molar-refractivity contribution < 1.29 is 42.3 Å². The van der Waals surface area contributed by atoms with Gasteiger partial charge in [-0.15, -0.1) is 0 Å². The fourth-order valence-corrected chi connectivity index (χ4v) is 6.59. The maximum absolute atomic E-state index is 14.1. The van der Waals surface area contributed by atoms with Crippen LogP contribution in [0.2, 0.25) is 0 Å². The first kappa shape index (κ1) is 34.8. The molecular weight excluding hydrogens is 604 g/mol. The summed E-state index contributed by atoms with van der Waals surface area (Å²) in [7, 11) is 1.48. The van der Waals surface area contributed by atoms with Crippen LogP contribution in [-0.4, -0.2) is 107 Å². The van der Waals surface area contributed by atoms with Crippen molar-refractivity contribution in [2.75, 3.05) is 20.1 Å². The molecule has 0 aromatic heterocycles. The molecule has 3 aliphatic rings. The minimum atomic E-state index is -1.40. The second-order valence-electron chi connectivity index (χ2n) is 12.6. The van der Waals surface area contributed by atoms with Crippen LogP contribution in [0.4, 0.5) is 8.78 Å². The van der Waals surface area contributed by atoms with Gasteiger partial charge in [0.15, 0.2) is 0 Å². The minimum Gasteiger partial charge on any atom is -0.458 e. The molecule has 12 nitrogen and oxygen atoms in total. The first-order valence-corrected chi connectivity index (χ1v) is 15.8. The van der Waals surface area contributed by atoms with E-state index in [1.165, 1.54) is 35.6 Å². The second-order valence-corrected chi connectivity index (χ2v) is 12.6. The van der Waals surface area contributed by atoms with Crippen LogP contribution in [0.1, 0.15) is 65.4 Å². The number of benzene rings is 1. The van der Waals surface area contributed by atoms with Gasteiger partial charge >= 0.3 is 5.97 Å². The summed E-state index contributed by atoms with van der Waals surface area (Å²) in [5.74, 6) is -5.18. The molecule has 2 unspecified atom stereocenters. The van der Waals surface area contributed by atoms with Crippen molar-refractivity contribution in [3.63, 3.8) is 0 Å². The Morgan fingerprint density at radius 2 is 1.65 bits per heavy atom. The van der Waals surface area contributed by atoms with Gasteiger partial charge in [0.05, 0.1) is 0 Å². The van der Waals surface area contributed by atoms with E-state index in [-0.39, 0.29) is 43.8 Å². The van der Waals surface area contributed by atoms with E-state index < -0.39 is 83.5 Å². The smallest absolute Gasteiger partial charge is 0.329 e. The Morgan fingerprint density at radius 1 is 0.978 bits per heavy atom. The molecule has 46 heavy (non-hydrogen) atoms. The summed E-state index contributed by atoms with van der Waals surface area (Å²) in [5, 5.41) is 5.32. The van der Waals surface area contributed by atoms with E-state index in [1.54, 1.807) is 6.92 Å². The normalized spacial score (nSPS) is 29.8. The second kappa shape index (κ2) is 14.5. The van der Waals surface area contributed by atoms with Gasteiger partial charge in [-0.2, -0.15) is 0 Å². The number of rotatable bonds is 5. The molecule has 252 valence electrons. The highest BCUT2D eigenvalue weighted by molar-refractivity contribution is 5.97. The van der Waals surface area contributed by atoms with Crippen LogP contribution in [0.5, 0.6) is 0 Å². The van der Waals surface area contributed by atoms with Gasteiger partial charge in [0, 0.05) is 32.6 Å². The van der Waals surface area contributed by atoms with Gasteiger partial charge in [-0.05, 0) is 69.6 Å². The molecule has 4 rings (SSSR count). The molecule has 0 spiro atoms. The van der Waals surface area contributed by atoms with Crippen LogP contribution >= 0.6 is 0 Å². The van der Waals surface area contributed by atoms with Crippen molar-refractivity contribution in [1.82, 2.24) is 25.3 Å². The lowest BCUT2D eigenvalue weighted by molar-refractivity contribution is -0.162. The highest BCUT2D eigenvalue weighted by atomic mass is 19.1. The van der Waals surface area contributed by atoms with Gasteiger partial charge in [0.2, 0.25) is 29.5 Å². The molecule has 3 aliphatic heterocycles. The number of hydrogen-bond acceptors (Lipinski definition) is 7. The first-order valence-electron chi connectivity index (χ1n) is 15.8. The number of cyclic esters (lactones) is 1. The van der Waals surface area contributed by atoms with Crippen LogP contribution in [-0.2, 0) is 39.9 Å². The van der Waals surface area contributed by atoms with Crippen LogP contribution in [0.25, 0.3) is 0 Å². The van der Waals surface area contributed by atoms with Gasteiger partial charge in [0.1, 0.15) is 47.9 Å². The van der Waals surface area contributed by atoms with Gasteiger partial charge in [-0.25, -0.2) is 13.6 Å². The van der Waals surface area contributed by atoms with Crippen LogP contribution in [0, 0.1) is 17.6 Å². The predicted molar refractivity (Wildman–Crippen MR) is 161 cm³/mol. The molecule has 14 heteroatoms. The zero-order chi connectivity index (χ0) is 33.9. The zero-order valence-electron chi connectivity index (χ0n) is 26.9. The summed E-state index contributed by atoms with van der Waals surface area (Å²) >= 11 is 0. The van der Waals surface area contributed by atoms with E-state index in [1.807, 2.05) is 6.92 Å². The summed E-state index contributed by atoms with van der Waals surface area (Å²) in [6.07, 6.45) is -0.110.